The third kappa shape index (κ3) is 3.04. The van der Waals surface area contributed by atoms with Gasteiger partial charge in [0.15, 0.2) is 0 Å². The molecule has 2 aliphatic rings. The Kier molecular flexibility index (Phi) is 4.62. The molecule has 0 bridgehead atoms. The quantitative estimate of drug-likeness (QED) is 0.770. The Morgan fingerprint density at radius 2 is 2.11 bits per heavy atom. The fourth-order valence-electron chi connectivity index (χ4n) is 3.28. The third-order valence-electron chi connectivity index (χ3n) is 4.64. The highest BCUT2D eigenvalue weighted by atomic mass is 16.5. The van der Waals surface area contributed by atoms with Gasteiger partial charge in [0.2, 0.25) is 0 Å². The molecule has 104 valence electrons. The smallest absolute Gasteiger partial charge is 0.309 e. The van der Waals surface area contributed by atoms with Crippen LogP contribution in [0.2, 0.25) is 0 Å². The molecule has 2 heterocycles. The Balaban J connectivity index is 1.80. The molecule has 0 aromatic rings. The molecular formula is C14H26N2O2. The van der Waals surface area contributed by atoms with E-state index in [0.29, 0.717) is 6.04 Å². The summed E-state index contributed by atoms with van der Waals surface area (Å²) in [5, 5.41) is 3.62. The van der Waals surface area contributed by atoms with Crippen molar-refractivity contribution in [3.8, 4) is 0 Å². The maximum Gasteiger partial charge on any atom is 0.309 e. The highest BCUT2D eigenvalue weighted by molar-refractivity contribution is 5.72. The van der Waals surface area contributed by atoms with Crippen molar-refractivity contribution in [2.45, 2.75) is 57.7 Å². The number of carbonyl (C=O) groups is 1. The lowest BCUT2D eigenvalue weighted by atomic mass is 9.95. The number of esters is 1. The van der Waals surface area contributed by atoms with Crippen molar-refractivity contribution in [2.75, 3.05) is 20.2 Å². The number of rotatable bonds is 4. The van der Waals surface area contributed by atoms with E-state index in [0.717, 1.165) is 6.04 Å². The molecule has 4 unspecified atom stereocenters. The van der Waals surface area contributed by atoms with E-state index in [2.05, 4.69) is 17.1 Å². The molecule has 0 amide bonds. The van der Waals surface area contributed by atoms with Crippen LogP contribution >= 0.6 is 0 Å². The summed E-state index contributed by atoms with van der Waals surface area (Å²) in [6.07, 6.45) is 5.14. The minimum absolute atomic E-state index is 0.0726. The van der Waals surface area contributed by atoms with E-state index >= 15 is 0 Å². The molecule has 0 aromatic heterocycles. The van der Waals surface area contributed by atoms with Gasteiger partial charge in [0.25, 0.3) is 0 Å². The Morgan fingerprint density at radius 1 is 1.33 bits per heavy atom. The summed E-state index contributed by atoms with van der Waals surface area (Å²) < 4.78 is 4.80. The summed E-state index contributed by atoms with van der Waals surface area (Å²) in [7, 11) is 1.46. The number of methoxy groups -OCH3 is 1. The number of hydrogen-bond donors (Lipinski definition) is 1. The van der Waals surface area contributed by atoms with E-state index in [9.17, 15) is 4.79 Å². The van der Waals surface area contributed by atoms with Gasteiger partial charge in [0.05, 0.1) is 13.0 Å². The molecule has 4 atom stereocenters. The second-order valence-electron chi connectivity index (χ2n) is 5.82. The van der Waals surface area contributed by atoms with Gasteiger partial charge in [-0.25, -0.2) is 0 Å². The summed E-state index contributed by atoms with van der Waals surface area (Å²) in [4.78, 5) is 14.1. The van der Waals surface area contributed by atoms with Crippen LogP contribution in [-0.4, -0.2) is 49.2 Å². The van der Waals surface area contributed by atoms with Crippen molar-refractivity contribution in [2.24, 2.45) is 5.92 Å². The molecule has 2 rings (SSSR count). The van der Waals surface area contributed by atoms with E-state index in [4.69, 9.17) is 4.74 Å². The maximum absolute atomic E-state index is 11.5. The first-order chi connectivity index (χ1) is 8.61. The van der Waals surface area contributed by atoms with Crippen LogP contribution in [0.3, 0.4) is 0 Å². The SMILES string of the molecule is COC(=O)C(C)C(C)NC1CCN2CCCC2C1. The highest BCUT2D eigenvalue weighted by Gasteiger charge is 2.33. The predicted molar refractivity (Wildman–Crippen MR) is 71.4 cm³/mol. The van der Waals surface area contributed by atoms with Crippen molar-refractivity contribution < 1.29 is 9.53 Å². The van der Waals surface area contributed by atoms with Crippen molar-refractivity contribution in [1.82, 2.24) is 10.2 Å². The van der Waals surface area contributed by atoms with Crippen LogP contribution in [-0.2, 0) is 9.53 Å². The topological polar surface area (TPSA) is 41.6 Å². The number of piperidine rings is 1. The average molecular weight is 254 g/mol. The van der Waals surface area contributed by atoms with E-state index in [-0.39, 0.29) is 17.9 Å². The van der Waals surface area contributed by atoms with Gasteiger partial charge < -0.3 is 15.0 Å². The van der Waals surface area contributed by atoms with E-state index in [1.807, 2.05) is 6.92 Å². The van der Waals surface area contributed by atoms with Gasteiger partial charge in [-0.15, -0.1) is 0 Å². The first kappa shape index (κ1) is 13.8. The van der Waals surface area contributed by atoms with Crippen molar-refractivity contribution in [3.05, 3.63) is 0 Å². The second kappa shape index (κ2) is 6.02. The number of nitrogens with one attached hydrogen (secondary N) is 1. The molecule has 4 heteroatoms. The summed E-state index contributed by atoms with van der Waals surface area (Å²) >= 11 is 0. The number of nitrogens with zero attached hydrogens (tertiary/aromatic N) is 1. The number of carbonyl (C=O) groups excluding carboxylic acids is 1. The molecule has 2 fully saturated rings. The van der Waals surface area contributed by atoms with Gasteiger partial charge in [0, 0.05) is 18.1 Å². The van der Waals surface area contributed by atoms with Crippen LogP contribution in [0.15, 0.2) is 0 Å². The zero-order valence-corrected chi connectivity index (χ0v) is 11.8. The molecule has 1 N–H and O–H groups in total. The van der Waals surface area contributed by atoms with Gasteiger partial charge in [-0.05, 0) is 45.7 Å². The van der Waals surface area contributed by atoms with Gasteiger partial charge in [-0.3, -0.25) is 4.79 Å². The summed E-state index contributed by atoms with van der Waals surface area (Å²) in [6, 6.07) is 1.53. The normalized spacial score (nSPS) is 31.7. The van der Waals surface area contributed by atoms with Crippen molar-refractivity contribution in [3.63, 3.8) is 0 Å². The Bertz CT molecular complexity index is 296. The van der Waals surface area contributed by atoms with Gasteiger partial charge in [0.1, 0.15) is 0 Å². The van der Waals surface area contributed by atoms with Crippen molar-refractivity contribution in [1.29, 1.82) is 0 Å². The molecule has 2 saturated heterocycles. The highest BCUT2D eigenvalue weighted by Crippen LogP contribution is 2.27. The molecule has 0 aromatic carbocycles. The first-order valence-corrected chi connectivity index (χ1v) is 7.19. The zero-order valence-electron chi connectivity index (χ0n) is 11.8. The number of ether oxygens (including phenoxy) is 1. The number of hydrogen-bond acceptors (Lipinski definition) is 4. The summed E-state index contributed by atoms with van der Waals surface area (Å²) in [5.41, 5.74) is 0. The summed E-state index contributed by atoms with van der Waals surface area (Å²) in [6.45, 7) is 6.52. The fourth-order valence-corrected chi connectivity index (χ4v) is 3.28. The second-order valence-corrected chi connectivity index (χ2v) is 5.82. The Morgan fingerprint density at radius 3 is 2.83 bits per heavy atom. The van der Waals surface area contributed by atoms with Crippen LogP contribution in [0.5, 0.6) is 0 Å². The van der Waals surface area contributed by atoms with E-state index < -0.39 is 0 Å². The molecule has 4 nitrogen and oxygen atoms in total. The molecule has 0 spiro atoms. The zero-order chi connectivity index (χ0) is 13.1. The fraction of sp³-hybridized carbons (Fsp3) is 0.929. The van der Waals surface area contributed by atoms with E-state index in [1.165, 1.54) is 45.9 Å². The van der Waals surface area contributed by atoms with Gasteiger partial charge >= 0.3 is 5.97 Å². The molecule has 2 aliphatic heterocycles. The van der Waals surface area contributed by atoms with Gasteiger partial charge in [-0.1, -0.05) is 6.92 Å². The third-order valence-corrected chi connectivity index (χ3v) is 4.64. The number of fused-ring (bicyclic) bond motifs is 1. The average Bonchev–Trinajstić information content (AvgIpc) is 2.84. The minimum atomic E-state index is -0.117. The predicted octanol–water partition coefficient (Wildman–Crippen LogP) is 1.40. The van der Waals surface area contributed by atoms with Crippen LogP contribution in [0, 0.1) is 5.92 Å². The van der Waals surface area contributed by atoms with Crippen LogP contribution in [0.1, 0.15) is 39.5 Å². The largest absolute Gasteiger partial charge is 0.469 e. The van der Waals surface area contributed by atoms with E-state index in [1.54, 1.807) is 0 Å². The Labute approximate surface area is 110 Å². The molecule has 0 radical (unpaired) electrons. The van der Waals surface area contributed by atoms with Crippen LogP contribution < -0.4 is 5.32 Å². The lowest BCUT2D eigenvalue weighted by Gasteiger charge is -2.37. The monoisotopic (exact) mass is 254 g/mol. The lowest BCUT2D eigenvalue weighted by Crippen LogP contribution is -2.50. The standard InChI is InChI=1S/C14H26N2O2/c1-10(14(17)18-3)11(2)15-12-6-8-16-7-4-5-13(16)9-12/h10-13,15H,4-9H2,1-3H3. The summed E-state index contributed by atoms with van der Waals surface area (Å²) in [5.74, 6) is -0.190. The lowest BCUT2D eigenvalue weighted by molar-refractivity contribution is -0.145. The first-order valence-electron chi connectivity index (χ1n) is 7.19. The molecule has 0 aliphatic carbocycles. The van der Waals surface area contributed by atoms with Crippen LogP contribution in [0.4, 0.5) is 0 Å². The maximum atomic E-state index is 11.5. The Hall–Kier alpha value is -0.610. The molecule has 18 heavy (non-hydrogen) atoms. The van der Waals surface area contributed by atoms with Crippen molar-refractivity contribution >= 4 is 5.97 Å². The molecular weight excluding hydrogens is 228 g/mol. The molecule has 0 saturated carbocycles. The van der Waals surface area contributed by atoms with Gasteiger partial charge in [-0.2, -0.15) is 0 Å². The van der Waals surface area contributed by atoms with Crippen LogP contribution in [0.25, 0.3) is 0 Å². The minimum Gasteiger partial charge on any atom is -0.469 e.